The number of nitrogens with one attached hydrogen (secondary N) is 1. The minimum Gasteiger partial charge on any atom is -0.324 e. The lowest BCUT2D eigenvalue weighted by atomic mass is 10.0. The molecule has 4 rings (SSSR count). The van der Waals surface area contributed by atoms with Crippen LogP contribution in [0.3, 0.4) is 0 Å². The van der Waals surface area contributed by atoms with Crippen molar-refractivity contribution in [2.45, 2.75) is 24.7 Å². The van der Waals surface area contributed by atoms with E-state index in [9.17, 15) is 13.2 Å². The van der Waals surface area contributed by atoms with Crippen molar-refractivity contribution in [2.75, 3.05) is 18.4 Å². The van der Waals surface area contributed by atoms with Crippen molar-refractivity contribution >= 4 is 21.6 Å². The molecule has 1 saturated heterocycles. The van der Waals surface area contributed by atoms with E-state index < -0.39 is 10.0 Å². The average molecular weight is 371 g/mol. The Morgan fingerprint density at radius 3 is 2.73 bits per heavy atom. The van der Waals surface area contributed by atoms with Gasteiger partial charge in [-0.3, -0.25) is 9.78 Å². The zero-order valence-electron chi connectivity index (χ0n) is 14.6. The molecule has 2 heterocycles. The largest absolute Gasteiger partial charge is 0.324 e. The zero-order chi connectivity index (χ0) is 18.4. The van der Waals surface area contributed by atoms with Crippen LogP contribution in [0.4, 0.5) is 5.69 Å². The summed E-state index contributed by atoms with van der Waals surface area (Å²) < 4.78 is 27.2. The maximum Gasteiger partial charge on any atom is 0.243 e. The van der Waals surface area contributed by atoms with Gasteiger partial charge in [-0.1, -0.05) is 17.7 Å². The zero-order valence-corrected chi connectivity index (χ0v) is 15.4. The smallest absolute Gasteiger partial charge is 0.243 e. The van der Waals surface area contributed by atoms with Crippen LogP contribution in [-0.2, 0) is 14.8 Å². The Labute approximate surface area is 153 Å². The lowest BCUT2D eigenvalue weighted by Crippen LogP contribution is -2.30. The molecule has 1 N–H and O–H groups in total. The van der Waals surface area contributed by atoms with Gasteiger partial charge in [-0.05, 0) is 49.4 Å². The fourth-order valence-electron chi connectivity index (χ4n) is 3.76. The Hall–Kier alpha value is -2.25. The molecular weight excluding hydrogens is 350 g/mol. The predicted octanol–water partition coefficient (Wildman–Crippen LogP) is 2.43. The van der Waals surface area contributed by atoms with Crippen molar-refractivity contribution in [2.24, 2.45) is 11.3 Å². The number of anilines is 1. The summed E-state index contributed by atoms with van der Waals surface area (Å²) in [4.78, 5) is 16.8. The monoisotopic (exact) mass is 371 g/mol. The van der Waals surface area contributed by atoms with Crippen LogP contribution in [0.1, 0.15) is 18.4 Å². The molecule has 26 heavy (non-hydrogen) atoms. The van der Waals surface area contributed by atoms with Gasteiger partial charge in [0.1, 0.15) is 0 Å². The maximum absolute atomic E-state index is 12.8. The van der Waals surface area contributed by atoms with Crippen LogP contribution in [0.2, 0.25) is 0 Å². The average Bonchev–Trinajstić information content (AvgIpc) is 3.15. The van der Waals surface area contributed by atoms with E-state index in [4.69, 9.17) is 0 Å². The lowest BCUT2D eigenvalue weighted by molar-refractivity contribution is -0.118. The summed E-state index contributed by atoms with van der Waals surface area (Å²) >= 11 is 0. The van der Waals surface area contributed by atoms with E-state index >= 15 is 0 Å². The highest BCUT2D eigenvalue weighted by molar-refractivity contribution is 7.89. The Morgan fingerprint density at radius 2 is 2.04 bits per heavy atom. The molecule has 2 unspecified atom stereocenters. The van der Waals surface area contributed by atoms with E-state index in [0.717, 1.165) is 18.4 Å². The number of nitrogens with zero attached hydrogens (tertiary/aromatic N) is 2. The van der Waals surface area contributed by atoms with Gasteiger partial charge < -0.3 is 5.32 Å². The van der Waals surface area contributed by atoms with Crippen LogP contribution in [0.5, 0.6) is 0 Å². The maximum atomic E-state index is 12.8. The molecular formula is C19H21N3O3S. The first-order valence-electron chi connectivity index (χ1n) is 8.68. The van der Waals surface area contributed by atoms with E-state index in [1.54, 1.807) is 48.8 Å². The molecule has 0 radical (unpaired) electrons. The minimum absolute atomic E-state index is 0.0485. The van der Waals surface area contributed by atoms with E-state index in [0.29, 0.717) is 23.7 Å². The quantitative estimate of drug-likeness (QED) is 0.895. The van der Waals surface area contributed by atoms with Gasteiger partial charge in [-0.15, -0.1) is 0 Å². The molecule has 1 aliphatic carbocycles. The second-order valence-electron chi connectivity index (χ2n) is 7.25. The summed E-state index contributed by atoms with van der Waals surface area (Å²) in [5, 5.41) is 2.88. The number of carbonyl (C=O) groups excluding carboxylic acids is 1. The number of sulfonamides is 1. The van der Waals surface area contributed by atoms with Crippen LogP contribution in [0.25, 0.3) is 0 Å². The Kier molecular flexibility index (Phi) is 4.08. The molecule has 2 aliphatic rings. The summed E-state index contributed by atoms with van der Waals surface area (Å²) in [5.74, 6) is -0.187. The van der Waals surface area contributed by atoms with Crippen molar-refractivity contribution < 1.29 is 13.2 Å². The van der Waals surface area contributed by atoms with Crippen LogP contribution in [0.15, 0.2) is 53.7 Å². The number of aryl methyl sites for hydroxylation is 1. The van der Waals surface area contributed by atoms with Crippen LogP contribution >= 0.6 is 0 Å². The summed E-state index contributed by atoms with van der Waals surface area (Å²) in [6.07, 6.45) is 4.72. The highest BCUT2D eigenvalue weighted by atomic mass is 32.2. The van der Waals surface area contributed by atoms with E-state index in [2.05, 4.69) is 10.3 Å². The van der Waals surface area contributed by atoms with Crippen LogP contribution in [0, 0.1) is 18.3 Å². The second kappa shape index (κ2) is 6.17. The normalized spacial score (nSPS) is 25.3. The first-order chi connectivity index (χ1) is 12.4. The lowest BCUT2D eigenvalue weighted by Gasteiger charge is -2.17. The first-order valence-corrected chi connectivity index (χ1v) is 10.1. The van der Waals surface area contributed by atoms with Crippen molar-refractivity contribution in [3.8, 4) is 0 Å². The Balaban J connectivity index is 1.44. The van der Waals surface area contributed by atoms with E-state index in [1.165, 1.54) is 4.31 Å². The summed E-state index contributed by atoms with van der Waals surface area (Å²) in [7, 11) is -3.50. The van der Waals surface area contributed by atoms with Crippen molar-refractivity contribution in [1.82, 2.24) is 9.29 Å². The van der Waals surface area contributed by atoms with Crippen molar-refractivity contribution in [3.05, 3.63) is 54.4 Å². The number of benzene rings is 1. The SMILES string of the molecule is Cc1ccc(S(=O)(=O)N2CCC3(CC3C(=O)Nc3cccnc3)C2)cc1. The minimum atomic E-state index is -3.50. The number of hydrogen-bond donors (Lipinski definition) is 1. The number of carbonyl (C=O) groups is 1. The highest BCUT2D eigenvalue weighted by Gasteiger charge is 2.62. The van der Waals surface area contributed by atoms with Crippen LogP contribution < -0.4 is 5.32 Å². The Morgan fingerprint density at radius 1 is 1.27 bits per heavy atom. The molecule has 1 saturated carbocycles. The van der Waals surface area contributed by atoms with Crippen LogP contribution in [-0.4, -0.2) is 36.7 Å². The summed E-state index contributed by atoms with van der Waals surface area (Å²) in [5.41, 5.74) is 1.47. The van der Waals surface area contributed by atoms with Gasteiger partial charge in [0.25, 0.3) is 0 Å². The standard InChI is InChI=1S/C19H21N3O3S/c1-14-4-6-16(7-5-14)26(24,25)22-10-8-19(13-22)11-17(19)18(23)21-15-3-2-9-20-12-15/h2-7,9,12,17H,8,10-11,13H2,1H3,(H,21,23). The van der Waals surface area contributed by atoms with Gasteiger partial charge in [0.2, 0.25) is 15.9 Å². The molecule has 6 nitrogen and oxygen atoms in total. The van der Waals surface area contributed by atoms with Gasteiger partial charge in [0.05, 0.1) is 16.8 Å². The van der Waals surface area contributed by atoms with E-state index in [1.807, 2.05) is 6.92 Å². The third-order valence-electron chi connectivity index (χ3n) is 5.44. The third-order valence-corrected chi connectivity index (χ3v) is 7.30. The summed E-state index contributed by atoms with van der Waals surface area (Å²) in [6.45, 7) is 2.80. The molecule has 2 aromatic rings. The number of pyridine rings is 1. The Bertz CT molecular complexity index is 928. The van der Waals surface area contributed by atoms with E-state index in [-0.39, 0.29) is 17.2 Å². The van der Waals surface area contributed by atoms with Crippen molar-refractivity contribution in [1.29, 1.82) is 0 Å². The third kappa shape index (κ3) is 3.01. The summed E-state index contributed by atoms with van der Waals surface area (Å²) in [6, 6.07) is 10.5. The molecule has 1 aliphatic heterocycles. The van der Waals surface area contributed by atoms with Gasteiger partial charge in [-0.2, -0.15) is 4.31 Å². The molecule has 1 spiro atoms. The second-order valence-corrected chi connectivity index (χ2v) is 9.19. The number of hydrogen-bond acceptors (Lipinski definition) is 4. The fourth-order valence-corrected chi connectivity index (χ4v) is 5.29. The first kappa shape index (κ1) is 17.2. The highest BCUT2D eigenvalue weighted by Crippen LogP contribution is 2.59. The molecule has 1 aromatic carbocycles. The number of aromatic nitrogens is 1. The number of amides is 1. The predicted molar refractivity (Wildman–Crippen MR) is 98.0 cm³/mol. The van der Waals surface area contributed by atoms with Crippen molar-refractivity contribution in [3.63, 3.8) is 0 Å². The van der Waals surface area contributed by atoms with Gasteiger partial charge in [-0.25, -0.2) is 8.42 Å². The van der Waals surface area contributed by atoms with Gasteiger partial charge in [0, 0.05) is 25.2 Å². The molecule has 1 aromatic heterocycles. The van der Waals surface area contributed by atoms with Gasteiger partial charge >= 0.3 is 0 Å². The van der Waals surface area contributed by atoms with Gasteiger partial charge in [0.15, 0.2) is 0 Å². The molecule has 1 amide bonds. The molecule has 2 atom stereocenters. The topological polar surface area (TPSA) is 79.4 Å². The molecule has 136 valence electrons. The molecule has 7 heteroatoms. The molecule has 0 bridgehead atoms. The fraction of sp³-hybridized carbons (Fsp3) is 0.368. The number of rotatable bonds is 4. The molecule has 2 fully saturated rings.